The number of fused-ring (bicyclic) bond motifs is 1. The van der Waals surface area contributed by atoms with Gasteiger partial charge < -0.3 is 9.55 Å². The van der Waals surface area contributed by atoms with E-state index < -0.39 is 0 Å². The molecule has 2 heterocycles. The molecule has 96 valence electrons. The first-order valence-corrected chi connectivity index (χ1v) is 6.20. The number of halogens is 1. The maximum Gasteiger partial charge on any atom is 0.178 e. The first-order valence-electron chi connectivity index (χ1n) is 5.79. The van der Waals surface area contributed by atoms with Gasteiger partial charge in [0, 0.05) is 6.20 Å². The molecular formula is C13H11FN4S. The Kier molecular flexibility index (Phi) is 2.87. The Morgan fingerprint density at radius 1 is 1.32 bits per heavy atom. The highest BCUT2D eigenvalue weighted by atomic mass is 32.1. The van der Waals surface area contributed by atoms with Gasteiger partial charge in [0.15, 0.2) is 4.77 Å². The minimum absolute atomic E-state index is 0.286. The molecule has 0 atom stereocenters. The van der Waals surface area contributed by atoms with Crippen LogP contribution in [-0.2, 0) is 6.54 Å². The van der Waals surface area contributed by atoms with E-state index in [1.165, 1.54) is 12.1 Å². The number of benzene rings is 1. The Labute approximate surface area is 114 Å². The molecule has 6 heteroatoms. The molecule has 1 N–H and O–H groups in total. The molecule has 0 saturated carbocycles. The lowest BCUT2D eigenvalue weighted by Crippen LogP contribution is -2.02. The van der Waals surface area contributed by atoms with E-state index in [2.05, 4.69) is 15.0 Å². The number of nitrogens with zero attached hydrogens (tertiary/aromatic N) is 3. The van der Waals surface area contributed by atoms with Crippen molar-refractivity contribution >= 4 is 23.3 Å². The van der Waals surface area contributed by atoms with E-state index >= 15 is 0 Å². The quantitative estimate of drug-likeness (QED) is 0.731. The van der Waals surface area contributed by atoms with Crippen LogP contribution < -0.4 is 0 Å². The molecule has 0 aliphatic heterocycles. The molecule has 4 nitrogen and oxygen atoms in total. The van der Waals surface area contributed by atoms with Gasteiger partial charge in [-0.2, -0.15) is 0 Å². The fraction of sp³-hybridized carbons (Fsp3) is 0.154. The van der Waals surface area contributed by atoms with E-state index in [-0.39, 0.29) is 5.82 Å². The predicted molar refractivity (Wildman–Crippen MR) is 73.0 cm³/mol. The number of aryl methyl sites for hydroxylation is 1. The molecule has 19 heavy (non-hydrogen) atoms. The summed E-state index contributed by atoms with van der Waals surface area (Å²) in [6.45, 7) is 2.40. The fourth-order valence-corrected chi connectivity index (χ4v) is 2.23. The van der Waals surface area contributed by atoms with Crippen LogP contribution in [0, 0.1) is 17.5 Å². The van der Waals surface area contributed by atoms with Crippen LogP contribution in [0.25, 0.3) is 11.0 Å². The van der Waals surface area contributed by atoms with E-state index in [0.29, 0.717) is 16.8 Å². The zero-order valence-electron chi connectivity index (χ0n) is 10.2. The topological polar surface area (TPSA) is 46.5 Å². The molecule has 3 rings (SSSR count). The molecule has 0 spiro atoms. The van der Waals surface area contributed by atoms with Gasteiger partial charge in [0.25, 0.3) is 0 Å². The van der Waals surface area contributed by atoms with Crippen LogP contribution in [-0.4, -0.2) is 19.5 Å². The minimum Gasteiger partial charge on any atom is -0.330 e. The first-order chi connectivity index (χ1) is 9.13. The molecule has 0 saturated heterocycles. The third-order valence-corrected chi connectivity index (χ3v) is 3.21. The predicted octanol–water partition coefficient (Wildman–Crippen LogP) is 2.98. The van der Waals surface area contributed by atoms with Gasteiger partial charge in [-0.05, 0) is 37.3 Å². The summed E-state index contributed by atoms with van der Waals surface area (Å²) in [5.41, 5.74) is 3.22. The molecule has 0 fully saturated rings. The van der Waals surface area contributed by atoms with Crippen LogP contribution in [0.5, 0.6) is 0 Å². The highest BCUT2D eigenvalue weighted by molar-refractivity contribution is 7.71. The van der Waals surface area contributed by atoms with Crippen molar-refractivity contribution in [2.45, 2.75) is 13.5 Å². The van der Waals surface area contributed by atoms with Crippen LogP contribution in [0.15, 0.2) is 30.6 Å². The average Bonchev–Trinajstić information content (AvgIpc) is 2.68. The Hall–Kier alpha value is -2.08. The monoisotopic (exact) mass is 274 g/mol. The normalized spacial score (nSPS) is 11.1. The summed E-state index contributed by atoms with van der Waals surface area (Å²) in [4.78, 5) is 11.5. The zero-order valence-corrected chi connectivity index (χ0v) is 11.0. The third kappa shape index (κ3) is 2.26. The van der Waals surface area contributed by atoms with Gasteiger partial charge in [0.05, 0.1) is 35.2 Å². The summed E-state index contributed by atoms with van der Waals surface area (Å²) in [7, 11) is 0. The van der Waals surface area contributed by atoms with Gasteiger partial charge in [-0.15, -0.1) is 0 Å². The van der Waals surface area contributed by atoms with Crippen molar-refractivity contribution < 1.29 is 4.39 Å². The standard InChI is InChI=1S/C13H11FN4S/c1-8-5-16-10(6-15-8)7-18-12-3-2-9(14)4-11(12)17-13(18)19/h2-6H,7H2,1H3,(H,17,19). The Morgan fingerprint density at radius 2 is 2.16 bits per heavy atom. The number of aromatic amines is 1. The average molecular weight is 274 g/mol. The molecule has 0 bridgehead atoms. The summed E-state index contributed by atoms with van der Waals surface area (Å²) in [6.07, 6.45) is 3.44. The van der Waals surface area contributed by atoms with E-state index in [9.17, 15) is 4.39 Å². The number of hydrogen-bond donors (Lipinski definition) is 1. The largest absolute Gasteiger partial charge is 0.330 e. The molecule has 0 amide bonds. The van der Waals surface area contributed by atoms with Gasteiger partial charge in [-0.3, -0.25) is 9.97 Å². The second-order valence-electron chi connectivity index (χ2n) is 4.33. The van der Waals surface area contributed by atoms with Crippen LogP contribution in [0.1, 0.15) is 11.4 Å². The Morgan fingerprint density at radius 3 is 2.89 bits per heavy atom. The van der Waals surface area contributed by atoms with Gasteiger partial charge in [0.2, 0.25) is 0 Å². The van der Waals surface area contributed by atoms with E-state index in [1.807, 2.05) is 11.5 Å². The van der Waals surface area contributed by atoms with Gasteiger partial charge in [0.1, 0.15) is 5.82 Å². The summed E-state index contributed by atoms with van der Waals surface area (Å²) in [5.74, 6) is -0.286. The molecular weight excluding hydrogens is 263 g/mol. The first kappa shape index (κ1) is 12.0. The van der Waals surface area contributed by atoms with Crippen molar-refractivity contribution in [3.05, 3.63) is 52.6 Å². The van der Waals surface area contributed by atoms with Crippen LogP contribution in [0.3, 0.4) is 0 Å². The summed E-state index contributed by atoms with van der Waals surface area (Å²) in [6, 6.07) is 4.56. The minimum atomic E-state index is -0.286. The van der Waals surface area contributed by atoms with Gasteiger partial charge in [-0.1, -0.05) is 0 Å². The second kappa shape index (κ2) is 4.55. The van der Waals surface area contributed by atoms with Crippen LogP contribution in [0.2, 0.25) is 0 Å². The number of aromatic nitrogens is 4. The summed E-state index contributed by atoms with van der Waals surface area (Å²) >= 11 is 5.26. The number of hydrogen-bond acceptors (Lipinski definition) is 3. The number of imidazole rings is 1. The van der Waals surface area contributed by atoms with Crippen molar-refractivity contribution in [3.8, 4) is 0 Å². The Bertz CT molecular complexity index is 789. The fourth-order valence-electron chi connectivity index (χ4n) is 1.96. The van der Waals surface area contributed by atoms with Crippen molar-refractivity contribution in [1.82, 2.24) is 19.5 Å². The van der Waals surface area contributed by atoms with E-state index in [4.69, 9.17) is 12.2 Å². The molecule has 0 unspecified atom stereocenters. The van der Waals surface area contributed by atoms with Crippen LogP contribution in [0.4, 0.5) is 4.39 Å². The number of H-pyrrole nitrogens is 1. The lowest BCUT2D eigenvalue weighted by atomic mass is 10.3. The lowest BCUT2D eigenvalue weighted by molar-refractivity contribution is 0.629. The Balaban J connectivity index is 2.07. The van der Waals surface area contributed by atoms with Crippen molar-refractivity contribution in [3.63, 3.8) is 0 Å². The smallest absolute Gasteiger partial charge is 0.178 e. The molecule has 0 aliphatic carbocycles. The molecule has 0 aliphatic rings. The van der Waals surface area contributed by atoms with Crippen LogP contribution >= 0.6 is 12.2 Å². The highest BCUT2D eigenvalue weighted by Gasteiger charge is 2.06. The van der Waals surface area contributed by atoms with Crippen molar-refractivity contribution in [2.75, 3.05) is 0 Å². The maximum atomic E-state index is 13.2. The van der Waals surface area contributed by atoms with Crippen molar-refractivity contribution in [2.24, 2.45) is 0 Å². The third-order valence-electron chi connectivity index (χ3n) is 2.89. The molecule has 2 aromatic heterocycles. The van der Waals surface area contributed by atoms with Gasteiger partial charge in [-0.25, -0.2) is 4.39 Å². The number of rotatable bonds is 2. The van der Waals surface area contributed by atoms with E-state index in [0.717, 1.165) is 16.9 Å². The molecule has 1 aromatic carbocycles. The zero-order chi connectivity index (χ0) is 13.4. The second-order valence-corrected chi connectivity index (χ2v) is 4.71. The number of nitrogens with one attached hydrogen (secondary N) is 1. The molecule has 0 radical (unpaired) electrons. The summed E-state index contributed by atoms with van der Waals surface area (Å²) < 4.78 is 15.6. The lowest BCUT2D eigenvalue weighted by Gasteiger charge is -2.04. The summed E-state index contributed by atoms with van der Waals surface area (Å²) in [5, 5.41) is 0. The maximum absolute atomic E-state index is 13.2. The van der Waals surface area contributed by atoms with Gasteiger partial charge >= 0.3 is 0 Å². The van der Waals surface area contributed by atoms with E-state index in [1.54, 1.807) is 18.5 Å². The van der Waals surface area contributed by atoms with Crippen molar-refractivity contribution in [1.29, 1.82) is 0 Å². The molecule has 3 aromatic rings. The highest BCUT2D eigenvalue weighted by Crippen LogP contribution is 2.16. The SMILES string of the molecule is Cc1cnc(Cn2c(=S)[nH]c3cc(F)ccc32)cn1.